The van der Waals surface area contributed by atoms with Crippen molar-refractivity contribution in [2.45, 2.75) is 26.8 Å². The maximum atomic E-state index is 5.95. The normalized spacial score (nSPS) is 11.2. The Balaban J connectivity index is 2.28. The van der Waals surface area contributed by atoms with Crippen molar-refractivity contribution in [3.8, 4) is 5.75 Å². The lowest BCUT2D eigenvalue weighted by Crippen LogP contribution is -2.08. The smallest absolute Gasteiger partial charge is 0.130 e. The molecule has 2 rings (SSSR count). The predicted octanol–water partition coefficient (Wildman–Crippen LogP) is 3.38. The summed E-state index contributed by atoms with van der Waals surface area (Å²) in [6.07, 6.45) is 1.07. The second-order valence-electron chi connectivity index (χ2n) is 5.19. The standard InChI is InChI=1S/C16H22N2O/c1-12(2)8-9-19-16-10-13(11-17-3)18-15-7-5-4-6-14(15)16/h4-7,10,12,17H,8-9,11H2,1-3H3. The summed E-state index contributed by atoms with van der Waals surface area (Å²) in [5, 5.41) is 4.22. The molecular weight excluding hydrogens is 236 g/mol. The Bertz CT molecular complexity index is 537. The van der Waals surface area contributed by atoms with Crippen molar-refractivity contribution in [1.82, 2.24) is 10.3 Å². The van der Waals surface area contributed by atoms with Gasteiger partial charge in [-0.1, -0.05) is 26.0 Å². The van der Waals surface area contributed by atoms with Crippen LogP contribution in [0.15, 0.2) is 30.3 Å². The van der Waals surface area contributed by atoms with Crippen LogP contribution in [0.3, 0.4) is 0 Å². The minimum absolute atomic E-state index is 0.657. The fraction of sp³-hybridized carbons (Fsp3) is 0.438. The number of pyridine rings is 1. The minimum Gasteiger partial charge on any atom is -0.493 e. The number of nitrogens with zero attached hydrogens (tertiary/aromatic N) is 1. The fourth-order valence-corrected chi connectivity index (χ4v) is 1.99. The molecule has 0 fully saturated rings. The molecule has 19 heavy (non-hydrogen) atoms. The Morgan fingerprint density at radius 2 is 2.05 bits per heavy atom. The van der Waals surface area contributed by atoms with Crippen molar-refractivity contribution in [2.24, 2.45) is 5.92 Å². The van der Waals surface area contributed by atoms with E-state index in [0.29, 0.717) is 5.92 Å². The van der Waals surface area contributed by atoms with Gasteiger partial charge in [0.05, 0.1) is 17.8 Å². The average Bonchev–Trinajstić information content (AvgIpc) is 2.38. The van der Waals surface area contributed by atoms with Crippen LogP contribution >= 0.6 is 0 Å². The quantitative estimate of drug-likeness (QED) is 0.862. The van der Waals surface area contributed by atoms with Gasteiger partial charge in [0.1, 0.15) is 5.75 Å². The molecule has 3 nitrogen and oxygen atoms in total. The third kappa shape index (κ3) is 3.67. The van der Waals surface area contributed by atoms with Crippen LogP contribution in [0.4, 0.5) is 0 Å². The second-order valence-corrected chi connectivity index (χ2v) is 5.19. The lowest BCUT2D eigenvalue weighted by molar-refractivity contribution is 0.292. The van der Waals surface area contributed by atoms with Crippen LogP contribution in [0.25, 0.3) is 10.9 Å². The van der Waals surface area contributed by atoms with Gasteiger partial charge < -0.3 is 10.1 Å². The summed E-state index contributed by atoms with van der Waals surface area (Å²) >= 11 is 0. The maximum absolute atomic E-state index is 5.95. The van der Waals surface area contributed by atoms with Gasteiger partial charge in [0.2, 0.25) is 0 Å². The molecule has 0 saturated carbocycles. The molecule has 0 spiro atoms. The minimum atomic E-state index is 0.657. The average molecular weight is 258 g/mol. The van der Waals surface area contributed by atoms with Gasteiger partial charge >= 0.3 is 0 Å². The van der Waals surface area contributed by atoms with E-state index in [0.717, 1.165) is 41.9 Å². The van der Waals surface area contributed by atoms with E-state index in [9.17, 15) is 0 Å². The molecule has 0 radical (unpaired) electrons. The van der Waals surface area contributed by atoms with Crippen LogP contribution in [-0.2, 0) is 6.54 Å². The van der Waals surface area contributed by atoms with Gasteiger partial charge in [-0.05, 0) is 31.5 Å². The summed E-state index contributed by atoms with van der Waals surface area (Å²) in [4.78, 5) is 4.63. The molecule has 0 aliphatic carbocycles. The van der Waals surface area contributed by atoms with E-state index in [2.05, 4.69) is 30.2 Å². The molecule has 1 aromatic carbocycles. The van der Waals surface area contributed by atoms with E-state index >= 15 is 0 Å². The van der Waals surface area contributed by atoms with Gasteiger partial charge in [-0.3, -0.25) is 4.98 Å². The van der Waals surface area contributed by atoms with Crippen LogP contribution < -0.4 is 10.1 Å². The molecule has 1 N–H and O–H groups in total. The summed E-state index contributed by atoms with van der Waals surface area (Å²) in [5.74, 6) is 1.60. The number of fused-ring (bicyclic) bond motifs is 1. The van der Waals surface area contributed by atoms with Crippen molar-refractivity contribution in [3.05, 3.63) is 36.0 Å². The number of aromatic nitrogens is 1. The number of benzene rings is 1. The lowest BCUT2D eigenvalue weighted by Gasteiger charge is -2.12. The second kappa shape index (κ2) is 6.53. The van der Waals surface area contributed by atoms with Gasteiger partial charge in [0.15, 0.2) is 0 Å². The zero-order chi connectivity index (χ0) is 13.7. The summed E-state index contributed by atoms with van der Waals surface area (Å²) in [7, 11) is 1.93. The van der Waals surface area contributed by atoms with Gasteiger partial charge in [-0.25, -0.2) is 0 Å². The van der Waals surface area contributed by atoms with Crippen LogP contribution in [-0.4, -0.2) is 18.6 Å². The van der Waals surface area contributed by atoms with E-state index in [1.54, 1.807) is 0 Å². The summed E-state index contributed by atoms with van der Waals surface area (Å²) in [6.45, 7) is 5.93. The Hall–Kier alpha value is -1.61. The van der Waals surface area contributed by atoms with Crippen LogP contribution in [0.1, 0.15) is 26.0 Å². The molecule has 0 amide bonds. The van der Waals surface area contributed by atoms with Crippen molar-refractivity contribution < 1.29 is 4.74 Å². The summed E-state index contributed by atoms with van der Waals surface area (Å²) in [5.41, 5.74) is 2.01. The molecule has 0 saturated heterocycles. The first-order valence-electron chi connectivity index (χ1n) is 6.86. The molecule has 0 aliphatic rings. The first-order valence-corrected chi connectivity index (χ1v) is 6.86. The number of ether oxygens (including phenoxy) is 1. The highest BCUT2D eigenvalue weighted by Crippen LogP contribution is 2.25. The van der Waals surface area contributed by atoms with Crippen molar-refractivity contribution in [1.29, 1.82) is 0 Å². The van der Waals surface area contributed by atoms with Crippen LogP contribution in [0.5, 0.6) is 5.75 Å². The molecular formula is C16H22N2O. The van der Waals surface area contributed by atoms with Crippen LogP contribution in [0, 0.1) is 5.92 Å². The van der Waals surface area contributed by atoms with E-state index in [1.807, 2.05) is 31.3 Å². The number of rotatable bonds is 6. The molecule has 0 atom stereocenters. The zero-order valence-electron chi connectivity index (χ0n) is 11.9. The van der Waals surface area contributed by atoms with Gasteiger partial charge in [-0.15, -0.1) is 0 Å². The highest BCUT2D eigenvalue weighted by molar-refractivity contribution is 5.85. The third-order valence-corrected chi connectivity index (χ3v) is 3.04. The first kappa shape index (κ1) is 13.8. The SMILES string of the molecule is CNCc1cc(OCCC(C)C)c2ccccc2n1. The molecule has 2 aromatic rings. The molecule has 1 aromatic heterocycles. The topological polar surface area (TPSA) is 34.1 Å². The Labute approximate surface area is 115 Å². The van der Waals surface area contributed by atoms with Crippen molar-refractivity contribution >= 4 is 10.9 Å². The van der Waals surface area contributed by atoms with Gasteiger partial charge in [-0.2, -0.15) is 0 Å². The Morgan fingerprint density at radius 3 is 2.79 bits per heavy atom. The highest BCUT2D eigenvalue weighted by atomic mass is 16.5. The molecule has 0 unspecified atom stereocenters. The molecule has 3 heteroatoms. The van der Waals surface area contributed by atoms with E-state index in [-0.39, 0.29) is 0 Å². The number of hydrogen-bond donors (Lipinski definition) is 1. The first-order chi connectivity index (χ1) is 9.20. The number of nitrogens with one attached hydrogen (secondary N) is 1. The maximum Gasteiger partial charge on any atom is 0.130 e. The molecule has 0 aliphatic heterocycles. The Kier molecular flexibility index (Phi) is 4.74. The lowest BCUT2D eigenvalue weighted by atomic mass is 10.1. The third-order valence-electron chi connectivity index (χ3n) is 3.04. The summed E-state index contributed by atoms with van der Waals surface area (Å²) < 4.78 is 5.95. The molecule has 102 valence electrons. The van der Waals surface area contributed by atoms with Crippen molar-refractivity contribution in [3.63, 3.8) is 0 Å². The van der Waals surface area contributed by atoms with E-state index in [1.165, 1.54) is 0 Å². The highest BCUT2D eigenvalue weighted by Gasteiger charge is 2.06. The molecule has 0 bridgehead atoms. The summed E-state index contributed by atoms with van der Waals surface area (Å²) in [6, 6.07) is 10.2. The monoisotopic (exact) mass is 258 g/mol. The van der Waals surface area contributed by atoms with Crippen LogP contribution in [0.2, 0.25) is 0 Å². The van der Waals surface area contributed by atoms with E-state index < -0.39 is 0 Å². The van der Waals surface area contributed by atoms with Crippen molar-refractivity contribution in [2.75, 3.05) is 13.7 Å². The van der Waals surface area contributed by atoms with Gasteiger partial charge in [0, 0.05) is 18.0 Å². The van der Waals surface area contributed by atoms with Gasteiger partial charge in [0.25, 0.3) is 0 Å². The molecule has 1 heterocycles. The predicted molar refractivity (Wildman–Crippen MR) is 79.5 cm³/mol. The fourth-order valence-electron chi connectivity index (χ4n) is 1.99. The number of para-hydroxylation sites is 1. The Morgan fingerprint density at radius 1 is 1.26 bits per heavy atom. The zero-order valence-corrected chi connectivity index (χ0v) is 11.9. The number of hydrogen-bond acceptors (Lipinski definition) is 3. The van der Waals surface area contributed by atoms with E-state index in [4.69, 9.17) is 4.74 Å². The largest absolute Gasteiger partial charge is 0.493 e.